The first kappa shape index (κ1) is 9.47. The van der Waals surface area contributed by atoms with Gasteiger partial charge in [-0.25, -0.2) is 0 Å². The van der Waals surface area contributed by atoms with E-state index in [0.717, 1.165) is 25.6 Å². The van der Waals surface area contributed by atoms with Gasteiger partial charge in [0.05, 0.1) is 12.7 Å². The van der Waals surface area contributed by atoms with E-state index in [1.165, 1.54) is 12.8 Å². The molecular formula is C11H21NO. The van der Waals surface area contributed by atoms with Gasteiger partial charge in [0.2, 0.25) is 0 Å². The maximum atomic E-state index is 5.79. The molecule has 0 spiro atoms. The largest absolute Gasteiger partial charge is 0.375 e. The lowest BCUT2D eigenvalue weighted by molar-refractivity contribution is -0.0667. The Morgan fingerprint density at radius 1 is 1.23 bits per heavy atom. The Hall–Kier alpha value is -0.0800. The molecule has 2 aliphatic rings. The van der Waals surface area contributed by atoms with Crippen molar-refractivity contribution < 1.29 is 4.74 Å². The Bertz CT molecular complexity index is 181. The van der Waals surface area contributed by atoms with Gasteiger partial charge in [-0.15, -0.1) is 0 Å². The van der Waals surface area contributed by atoms with Crippen LogP contribution in [0.15, 0.2) is 0 Å². The fraction of sp³-hybridized carbons (Fsp3) is 1.00. The van der Waals surface area contributed by atoms with Crippen LogP contribution >= 0.6 is 0 Å². The highest BCUT2D eigenvalue weighted by molar-refractivity contribution is 4.89. The quantitative estimate of drug-likeness (QED) is 0.615. The molecule has 2 heteroatoms. The molecule has 76 valence electrons. The zero-order valence-corrected chi connectivity index (χ0v) is 9.05. The lowest BCUT2D eigenvalue weighted by atomic mass is 10.0. The Balaban J connectivity index is 1.91. The summed E-state index contributed by atoms with van der Waals surface area (Å²) in [7, 11) is 0. The molecule has 1 heterocycles. The van der Waals surface area contributed by atoms with Crippen LogP contribution in [0.4, 0.5) is 0 Å². The normalized spacial score (nSPS) is 32.1. The first-order valence-electron chi connectivity index (χ1n) is 5.44. The van der Waals surface area contributed by atoms with Crippen molar-refractivity contribution in [3.05, 3.63) is 0 Å². The van der Waals surface area contributed by atoms with Crippen molar-refractivity contribution in [2.45, 2.75) is 45.3 Å². The molecule has 2 rings (SSSR count). The minimum atomic E-state index is 0.316. The molecule has 13 heavy (non-hydrogen) atoms. The second kappa shape index (κ2) is 3.25. The van der Waals surface area contributed by atoms with Gasteiger partial charge in [0.15, 0.2) is 0 Å². The molecule has 0 aromatic carbocycles. The smallest absolute Gasteiger partial charge is 0.0730 e. The summed E-state index contributed by atoms with van der Waals surface area (Å²) in [6, 6.07) is 0. The summed E-state index contributed by atoms with van der Waals surface area (Å²) in [6.07, 6.45) is 3.32. The highest BCUT2D eigenvalue weighted by Gasteiger charge is 2.37. The summed E-state index contributed by atoms with van der Waals surface area (Å²) < 4.78 is 5.79. The number of hydrogen-bond acceptors (Lipinski definition) is 2. The summed E-state index contributed by atoms with van der Waals surface area (Å²) >= 11 is 0. The third-order valence-corrected chi connectivity index (χ3v) is 3.19. The van der Waals surface area contributed by atoms with Crippen molar-refractivity contribution in [3.8, 4) is 0 Å². The average Bonchev–Trinajstić information content (AvgIpc) is 2.85. The van der Waals surface area contributed by atoms with Gasteiger partial charge in [-0.3, -0.25) is 4.90 Å². The standard InChI is InChI=1S/C11H21NO/c1-11(2,3)12-6-7-13-10(8-12)9-4-5-9/h9-10H,4-8H2,1-3H3/t10-/m0/s1. The minimum Gasteiger partial charge on any atom is -0.375 e. The maximum Gasteiger partial charge on any atom is 0.0730 e. The van der Waals surface area contributed by atoms with Gasteiger partial charge in [0, 0.05) is 18.6 Å². The Morgan fingerprint density at radius 3 is 2.46 bits per heavy atom. The molecule has 1 saturated heterocycles. The third kappa shape index (κ3) is 2.23. The van der Waals surface area contributed by atoms with Crippen LogP contribution in [-0.2, 0) is 4.74 Å². The van der Waals surface area contributed by atoms with Crippen molar-refractivity contribution >= 4 is 0 Å². The maximum absolute atomic E-state index is 5.79. The van der Waals surface area contributed by atoms with Crippen LogP contribution in [0.25, 0.3) is 0 Å². The van der Waals surface area contributed by atoms with Gasteiger partial charge < -0.3 is 4.74 Å². The predicted octanol–water partition coefficient (Wildman–Crippen LogP) is 1.90. The van der Waals surface area contributed by atoms with Crippen LogP contribution in [0.2, 0.25) is 0 Å². The van der Waals surface area contributed by atoms with Crippen molar-refractivity contribution in [1.82, 2.24) is 4.90 Å². The summed E-state index contributed by atoms with van der Waals surface area (Å²) in [5.74, 6) is 0.880. The van der Waals surface area contributed by atoms with Crippen LogP contribution in [0, 0.1) is 5.92 Å². The zero-order chi connectivity index (χ0) is 9.47. The van der Waals surface area contributed by atoms with E-state index in [9.17, 15) is 0 Å². The van der Waals surface area contributed by atoms with E-state index in [1.54, 1.807) is 0 Å². The molecule has 1 aliphatic heterocycles. The SMILES string of the molecule is CC(C)(C)N1CCO[C@H](C2CC2)C1. The van der Waals surface area contributed by atoms with Gasteiger partial charge >= 0.3 is 0 Å². The molecule has 0 N–H and O–H groups in total. The van der Waals surface area contributed by atoms with Gasteiger partial charge in [-0.05, 0) is 39.5 Å². The predicted molar refractivity (Wildman–Crippen MR) is 53.8 cm³/mol. The Morgan fingerprint density at radius 2 is 1.92 bits per heavy atom. The van der Waals surface area contributed by atoms with Crippen molar-refractivity contribution in [2.75, 3.05) is 19.7 Å². The van der Waals surface area contributed by atoms with Gasteiger partial charge in [0.1, 0.15) is 0 Å². The summed E-state index contributed by atoms with van der Waals surface area (Å²) in [4.78, 5) is 2.56. The molecule has 0 aromatic heterocycles. The second-order valence-corrected chi connectivity index (χ2v) is 5.36. The molecule has 2 nitrogen and oxygen atoms in total. The van der Waals surface area contributed by atoms with E-state index in [4.69, 9.17) is 4.74 Å². The van der Waals surface area contributed by atoms with Gasteiger partial charge in [-0.2, -0.15) is 0 Å². The van der Waals surface area contributed by atoms with E-state index in [1.807, 2.05) is 0 Å². The van der Waals surface area contributed by atoms with Crippen molar-refractivity contribution in [1.29, 1.82) is 0 Å². The second-order valence-electron chi connectivity index (χ2n) is 5.36. The van der Waals surface area contributed by atoms with Crippen LogP contribution in [0.3, 0.4) is 0 Å². The Kier molecular flexibility index (Phi) is 2.37. The molecule has 0 unspecified atom stereocenters. The molecule has 1 atom stereocenters. The monoisotopic (exact) mass is 183 g/mol. The fourth-order valence-electron chi connectivity index (χ4n) is 2.04. The summed E-state index contributed by atoms with van der Waals surface area (Å²) in [6.45, 7) is 10.1. The first-order chi connectivity index (χ1) is 6.07. The van der Waals surface area contributed by atoms with Crippen molar-refractivity contribution in [2.24, 2.45) is 5.92 Å². The molecule has 2 fully saturated rings. The average molecular weight is 183 g/mol. The summed E-state index contributed by atoms with van der Waals surface area (Å²) in [5.41, 5.74) is 0.316. The van der Waals surface area contributed by atoms with E-state index in [-0.39, 0.29) is 0 Å². The Labute approximate surface area is 81.3 Å². The molecular weight excluding hydrogens is 162 g/mol. The lowest BCUT2D eigenvalue weighted by Gasteiger charge is -2.41. The van der Waals surface area contributed by atoms with Crippen molar-refractivity contribution in [3.63, 3.8) is 0 Å². The van der Waals surface area contributed by atoms with E-state index in [0.29, 0.717) is 11.6 Å². The molecule has 0 amide bonds. The van der Waals surface area contributed by atoms with Crippen LogP contribution < -0.4 is 0 Å². The molecule has 1 saturated carbocycles. The van der Waals surface area contributed by atoms with E-state index in [2.05, 4.69) is 25.7 Å². The van der Waals surface area contributed by atoms with E-state index < -0.39 is 0 Å². The number of ether oxygens (including phenoxy) is 1. The van der Waals surface area contributed by atoms with Gasteiger partial charge in [0.25, 0.3) is 0 Å². The number of morpholine rings is 1. The van der Waals surface area contributed by atoms with E-state index >= 15 is 0 Å². The van der Waals surface area contributed by atoms with Crippen LogP contribution in [0.1, 0.15) is 33.6 Å². The third-order valence-electron chi connectivity index (χ3n) is 3.19. The molecule has 0 radical (unpaired) electrons. The molecule has 0 bridgehead atoms. The van der Waals surface area contributed by atoms with Crippen LogP contribution in [-0.4, -0.2) is 36.2 Å². The molecule has 1 aliphatic carbocycles. The number of nitrogens with zero attached hydrogens (tertiary/aromatic N) is 1. The summed E-state index contributed by atoms with van der Waals surface area (Å²) in [5, 5.41) is 0. The topological polar surface area (TPSA) is 12.5 Å². The highest BCUT2D eigenvalue weighted by atomic mass is 16.5. The zero-order valence-electron chi connectivity index (χ0n) is 9.05. The lowest BCUT2D eigenvalue weighted by Crippen LogP contribution is -2.51. The number of rotatable bonds is 1. The first-order valence-corrected chi connectivity index (χ1v) is 5.44. The minimum absolute atomic E-state index is 0.316. The molecule has 0 aromatic rings. The fourth-order valence-corrected chi connectivity index (χ4v) is 2.04. The number of hydrogen-bond donors (Lipinski definition) is 0. The van der Waals surface area contributed by atoms with Gasteiger partial charge in [-0.1, -0.05) is 0 Å². The highest BCUT2D eigenvalue weighted by Crippen LogP contribution is 2.36. The van der Waals surface area contributed by atoms with Crippen LogP contribution in [0.5, 0.6) is 0 Å².